The van der Waals surface area contributed by atoms with Crippen molar-refractivity contribution in [1.29, 1.82) is 0 Å². The van der Waals surface area contributed by atoms with Crippen LogP contribution < -0.4 is 22.1 Å². The quantitative estimate of drug-likeness (QED) is 0.168. The van der Waals surface area contributed by atoms with Crippen LogP contribution >= 0.6 is 0 Å². The Labute approximate surface area is 153 Å². The number of primary amides is 1. The van der Waals surface area contributed by atoms with E-state index in [9.17, 15) is 28.8 Å². The number of hydrogen-bond acceptors (Lipinski definition) is 7. The molecule has 13 heteroatoms. The molecular formula is C14H22N4O9. The maximum atomic E-state index is 12.2. The topological polar surface area (TPSA) is 239 Å². The first kappa shape index (κ1) is 23.8. The number of nitrogens with one attached hydrogen (secondary N) is 2. The van der Waals surface area contributed by atoms with Crippen molar-refractivity contribution in [1.82, 2.24) is 10.6 Å². The molecule has 152 valence electrons. The largest absolute Gasteiger partial charge is 0.481 e. The van der Waals surface area contributed by atoms with Crippen molar-refractivity contribution < 1.29 is 44.1 Å². The summed E-state index contributed by atoms with van der Waals surface area (Å²) in [5.74, 6) is -6.97. The van der Waals surface area contributed by atoms with E-state index in [4.69, 9.17) is 26.8 Å². The highest BCUT2D eigenvalue weighted by Crippen LogP contribution is 2.03. The first-order valence-electron chi connectivity index (χ1n) is 7.75. The van der Waals surface area contributed by atoms with Crippen LogP contribution in [0, 0.1) is 0 Å². The van der Waals surface area contributed by atoms with E-state index in [1.54, 1.807) is 0 Å². The molecule has 0 radical (unpaired) electrons. The molecule has 0 spiro atoms. The van der Waals surface area contributed by atoms with Crippen LogP contribution in [-0.2, 0) is 28.8 Å². The molecule has 3 amide bonds. The molecule has 0 fully saturated rings. The van der Waals surface area contributed by atoms with Crippen molar-refractivity contribution in [2.24, 2.45) is 11.5 Å². The van der Waals surface area contributed by atoms with Crippen LogP contribution in [0.3, 0.4) is 0 Å². The van der Waals surface area contributed by atoms with Gasteiger partial charge in [0.1, 0.15) is 12.1 Å². The molecule has 0 saturated heterocycles. The van der Waals surface area contributed by atoms with E-state index in [1.807, 2.05) is 5.32 Å². The summed E-state index contributed by atoms with van der Waals surface area (Å²) in [7, 11) is 0. The first-order valence-corrected chi connectivity index (χ1v) is 7.75. The van der Waals surface area contributed by atoms with Crippen LogP contribution in [0.1, 0.15) is 32.1 Å². The third-order valence-electron chi connectivity index (χ3n) is 3.31. The average molecular weight is 390 g/mol. The van der Waals surface area contributed by atoms with Gasteiger partial charge in [-0.15, -0.1) is 0 Å². The molecule has 0 aromatic heterocycles. The fourth-order valence-electron chi connectivity index (χ4n) is 1.90. The fourth-order valence-corrected chi connectivity index (χ4v) is 1.90. The molecule has 0 aliphatic carbocycles. The van der Waals surface area contributed by atoms with Crippen LogP contribution in [0.15, 0.2) is 0 Å². The molecule has 0 heterocycles. The van der Waals surface area contributed by atoms with Gasteiger partial charge in [-0.05, 0) is 12.8 Å². The second-order valence-corrected chi connectivity index (χ2v) is 5.60. The van der Waals surface area contributed by atoms with Gasteiger partial charge in [-0.3, -0.25) is 24.0 Å². The highest BCUT2D eigenvalue weighted by molar-refractivity contribution is 5.93. The Bertz CT molecular complexity index is 607. The van der Waals surface area contributed by atoms with Gasteiger partial charge >= 0.3 is 17.9 Å². The first-order chi connectivity index (χ1) is 12.4. The number of rotatable bonds is 13. The van der Waals surface area contributed by atoms with E-state index in [0.717, 1.165) is 0 Å². The molecule has 27 heavy (non-hydrogen) atoms. The minimum Gasteiger partial charge on any atom is -0.481 e. The van der Waals surface area contributed by atoms with Crippen molar-refractivity contribution in [3.05, 3.63) is 0 Å². The summed E-state index contributed by atoms with van der Waals surface area (Å²) in [6, 6.07) is -4.40. The molecule has 0 aliphatic heterocycles. The van der Waals surface area contributed by atoms with E-state index < -0.39 is 73.0 Å². The Kier molecular flexibility index (Phi) is 10.0. The number of carbonyl (C=O) groups excluding carboxylic acids is 3. The molecule has 3 unspecified atom stereocenters. The highest BCUT2D eigenvalue weighted by Gasteiger charge is 2.29. The van der Waals surface area contributed by atoms with E-state index in [-0.39, 0.29) is 12.8 Å². The van der Waals surface area contributed by atoms with E-state index >= 15 is 0 Å². The molecule has 3 atom stereocenters. The number of carbonyl (C=O) groups is 6. The number of carboxylic acids is 3. The molecular weight excluding hydrogens is 368 g/mol. The van der Waals surface area contributed by atoms with Crippen LogP contribution in [0.25, 0.3) is 0 Å². The van der Waals surface area contributed by atoms with Gasteiger partial charge in [0.25, 0.3) is 0 Å². The van der Waals surface area contributed by atoms with E-state index in [0.29, 0.717) is 0 Å². The number of hydrogen-bond donors (Lipinski definition) is 7. The summed E-state index contributed by atoms with van der Waals surface area (Å²) in [6.45, 7) is 0. The minimum absolute atomic E-state index is 0.228. The molecule has 0 aliphatic rings. The lowest BCUT2D eigenvalue weighted by Crippen LogP contribution is -2.55. The summed E-state index contributed by atoms with van der Waals surface area (Å²) >= 11 is 0. The molecule has 0 aromatic rings. The third kappa shape index (κ3) is 10.4. The van der Waals surface area contributed by atoms with Crippen molar-refractivity contribution >= 4 is 35.6 Å². The zero-order chi connectivity index (χ0) is 21.1. The summed E-state index contributed by atoms with van der Waals surface area (Å²) in [5.41, 5.74) is 10.4. The van der Waals surface area contributed by atoms with E-state index in [1.165, 1.54) is 0 Å². The molecule has 0 rings (SSSR count). The van der Waals surface area contributed by atoms with Crippen molar-refractivity contribution in [2.75, 3.05) is 0 Å². The zero-order valence-corrected chi connectivity index (χ0v) is 14.2. The lowest BCUT2D eigenvalue weighted by Gasteiger charge is -2.22. The lowest BCUT2D eigenvalue weighted by molar-refractivity contribution is -0.144. The molecule has 13 nitrogen and oxygen atoms in total. The number of nitrogens with two attached hydrogens (primary N) is 2. The second kappa shape index (κ2) is 11.4. The third-order valence-corrected chi connectivity index (χ3v) is 3.31. The Morgan fingerprint density at radius 3 is 1.70 bits per heavy atom. The van der Waals surface area contributed by atoms with Gasteiger partial charge in [-0.1, -0.05) is 0 Å². The predicted molar refractivity (Wildman–Crippen MR) is 87.0 cm³/mol. The SMILES string of the molecule is NC(=O)CC(NC(=O)C(CCC(=O)O)NC(=O)C(N)CCC(=O)O)C(=O)O. The Hall–Kier alpha value is -3.22. The second-order valence-electron chi connectivity index (χ2n) is 5.60. The number of carboxylic acid groups (broad SMARTS) is 3. The van der Waals surface area contributed by atoms with Crippen LogP contribution in [0.2, 0.25) is 0 Å². The predicted octanol–water partition coefficient (Wildman–Crippen LogP) is -3.03. The summed E-state index contributed by atoms with van der Waals surface area (Å²) in [6.07, 6.45) is -2.26. The zero-order valence-electron chi connectivity index (χ0n) is 14.2. The Balaban J connectivity index is 5.09. The summed E-state index contributed by atoms with van der Waals surface area (Å²) in [4.78, 5) is 67.3. The van der Waals surface area contributed by atoms with Gasteiger partial charge in [-0.2, -0.15) is 0 Å². The molecule has 0 bridgehead atoms. The number of aliphatic carboxylic acids is 3. The van der Waals surface area contributed by atoms with Crippen LogP contribution in [-0.4, -0.2) is 69.1 Å². The van der Waals surface area contributed by atoms with Gasteiger partial charge in [0.2, 0.25) is 17.7 Å². The van der Waals surface area contributed by atoms with Crippen LogP contribution in [0.5, 0.6) is 0 Å². The van der Waals surface area contributed by atoms with Gasteiger partial charge in [0, 0.05) is 12.8 Å². The fraction of sp³-hybridized carbons (Fsp3) is 0.571. The lowest BCUT2D eigenvalue weighted by atomic mass is 10.1. The van der Waals surface area contributed by atoms with Crippen molar-refractivity contribution in [3.8, 4) is 0 Å². The normalized spacial score (nSPS) is 13.7. The van der Waals surface area contributed by atoms with Gasteiger partial charge < -0.3 is 37.4 Å². The summed E-state index contributed by atoms with van der Waals surface area (Å²) < 4.78 is 0. The minimum atomic E-state index is -1.67. The monoisotopic (exact) mass is 390 g/mol. The van der Waals surface area contributed by atoms with E-state index in [2.05, 4.69) is 5.32 Å². The molecule has 9 N–H and O–H groups in total. The standard InChI is InChI=1S/C14H22N4O9/c15-6(1-3-10(20)21)12(24)17-7(2-4-11(22)23)13(25)18-8(14(26)27)5-9(16)19/h6-8H,1-5,15H2,(H2,16,19)(H,17,24)(H,18,25)(H,20,21)(H,22,23)(H,26,27). The summed E-state index contributed by atoms with van der Waals surface area (Å²) in [5, 5.41) is 30.4. The van der Waals surface area contributed by atoms with Crippen LogP contribution in [0.4, 0.5) is 0 Å². The van der Waals surface area contributed by atoms with Gasteiger partial charge in [-0.25, -0.2) is 4.79 Å². The maximum absolute atomic E-state index is 12.2. The molecule has 0 aromatic carbocycles. The maximum Gasteiger partial charge on any atom is 0.326 e. The smallest absolute Gasteiger partial charge is 0.326 e. The Morgan fingerprint density at radius 2 is 1.26 bits per heavy atom. The van der Waals surface area contributed by atoms with Gasteiger partial charge in [0.15, 0.2) is 0 Å². The Morgan fingerprint density at radius 1 is 0.778 bits per heavy atom. The highest BCUT2D eigenvalue weighted by atomic mass is 16.4. The molecule has 0 saturated carbocycles. The number of amides is 3. The van der Waals surface area contributed by atoms with Crippen molar-refractivity contribution in [3.63, 3.8) is 0 Å². The van der Waals surface area contributed by atoms with Crippen molar-refractivity contribution in [2.45, 2.75) is 50.2 Å². The van der Waals surface area contributed by atoms with Gasteiger partial charge in [0.05, 0.1) is 12.5 Å². The average Bonchev–Trinajstić information content (AvgIpc) is 2.54.